The molecular formula is C16H18ClN3O4S2. The number of hydrogen-bond donors (Lipinski definition) is 0. The Kier molecular flexibility index (Phi) is 5.64. The molecule has 0 atom stereocenters. The molecular weight excluding hydrogens is 398 g/mol. The highest BCUT2D eigenvalue weighted by atomic mass is 35.5. The van der Waals surface area contributed by atoms with E-state index in [1.54, 1.807) is 11.3 Å². The summed E-state index contributed by atoms with van der Waals surface area (Å²) in [7, 11) is -3.82. The van der Waals surface area contributed by atoms with Gasteiger partial charge in [-0.1, -0.05) is 17.7 Å². The summed E-state index contributed by atoms with van der Waals surface area (Å²) >= 11 is 7.69. The van der Waals surface area contributed by atoms with E-state index in [9.17, 15) is 18.5 Å². The number of nitrogens with zero attached hydrogens (tertiary/aromatic N) is 3. The molecule has 0 amide bonds. The highest BCUT2D eigenvalue weighted by Crippen LogP contribution is 2.31. The summed E-state index contributed by atoms with van der Waals surface area (Å²) in [6.45, 7) is 4.20. The van der Waals surface area contributed by atoms with Crippen LogP contribution in [0.3, 0.4) is 0 Å². The van der Waals surface area contributed by atoms with Crippen LogP contribution in [-0.4, -0.2) is 48.7 Å². The van der Waals surface area contributed by atoms with Gasteiger partial charge in [-0.15, -0.1) is 11.3 Å². The molecule has 1 aromatic heterocycles. The number of piperazine rings is 1. The number of halogens is 1. The molecule has 0 radical (unpaired) electrons. The van der Waals surface area contributed by atoms with E-state index in [2.05, 4.69) is 11.0 Å². The van der Waals surface area contributed by atoms with Crippen LogP contribution in [0.15, 0.2) is 34.5 Å². The Hall–Kier alpha value is -1.52. The minimum absolute atomic E-state index is 0.0779. The number of thiophene rings is 1. The second kappa shape index (κ2) is 7.61. The third-order valence-electron chi connectivity index (χ3n) is 4.42. The molecule has 0 saturated carbocycles. The fraction of sp³-hybridized carbons (Fsp3) is 0.375. The average molecular weight is 416 g/mol. The van der Waals surface area contributed by atoms with Gasteiger partial charge in [-0.2, -0.15) is 4.31 Å². The average Bonchev–Trinajstić information content (AvgIpc) is 3.10. The summed E-state index contributed by atoms with van der Waals surface area (Å²) in [5, 5.41) is 13.3. The lowest BCUT2D eigenvalue weighted by atomic mass is 10.2. The topological polar surface area (TPSA) is 83.8 Å². The lowest BCUT2D eigenvalue weighted by Gasteiger charge is -2.33. The number of nitro benzene ring substituents is 1. The Morgan fingerprint density at radius 3 is 2.54 bits per heavy atom. The minimum atomic E-state index is -3.82. The molecule has 2 heterocycles. The van der Waals surface area contributed by atoms with E-state index in [1.807, 2.05) is 11.4 Å². The van der Waals surface area contributed by atoms with Crippen molar-refractivity contribution in [1.82, 2.24) is 9.21 Å². The summed E-state index contributed by atoms with van der Waals surface area (Å²) in [4.78, 5) is 13.8. The number of sulfonamides is 1. The molecule has 0 unspecified atom stereocenters. The van der Waals surface area contributed by atoms with Crippen LogP contribution in [0, 0.1) is 17.0 Å². The van der Waals surface area contributed by atoms with Crippen molar-refractivity contribution in [1.29, 1.82) is 0 Å². The van der Waals surface area contributed by atoms with E-state index in [4.69, 9.17) is 11.6 Å². The zero-order valence-electron chi connectivity index (χ0n) is 14.1. The van der Waals surface area contributed by atoms with Crippen molar-refractivity contribution in [3.63, 3.8) is 0 Å². The Balaban J connectivity index is 1.76. The maximum absolute atomic E-state index is 12.9. The van der Waals surface area contributed by atoms with Gasteiger partial charge in [0, 0.05) is 49.2 Å². The van der Waals surface area contributed by atoms with Gasteiger partial charge < -0.3 is 0 Å². The smallest absolute Gasteiger partial charge is 0.275 e. The van der Waals surface area contributed by atoms with Gasteiger partial charge in [0.2, 0.25) is 10.0 Å². The molecule has 0 N–H and O–H groups in total. The first-order chi connectivity index (χ1) is 12.3. The molecule has 1 aliphatic rings. The molecule has 1 fully saturated rings. The first kappa shape index (κ1) is 19.2. The van der Waals surface area contributed by atoms with E-state index in [0.29, 0.717) is 26.2 Å². The SMILES string of the molecule is Cc1c(Cl)cc(S(=O)(=O)N2CCN(Cc3cccs3)CC2)cc1[N+](=O)[O-]. The molecule has 26 heavy (non-hydrogen) atoms. The van der Waals surface area contributed by atoms with E-state index in [-0.39, 0.29) is 21.2 Å². The van der Waals surface area contributed by atoms with Crippen molar-refractivity contribution < 1.29 is 13.3 Å². The van der Waals surface area contributed by atoms with Gasteiger partial charge in [-0.3, -0.25) is 15.0 Å². The van der Waals surface area contributed by atoms with Crippen LogP contribution in [-0.2, 0) is 16.6 Å². The second-order valence-electron chi connectivity index (χ2n) is 6.07. The van der Waals surface area contributed by atoms with E-state index >= 15 is 0 Å². The molecule has 3 rings (SSSR count). The zero-order chi connectivity index (χ0) is 18.9. The Morgan fingerprint density at radius 2 is 1.96 bits per heavy atom. The van der Waals surface area contributed by atoms with Crippen molar-refractivity contribution in [2.24, 2.45) is 0 Å². The molecule has 1 aromatic carbocycles. The van der Waals surface area contributed by atoms with E-state index < -0.39 is 14.9 Å². The van der Waals surface area contributed by atoms with E-state index in [0.717, 1.165) is 12.6 Å². The van der Waals surface area contributed by atoms with Gasteiger partial charge >= 0.3 is 0 Å². The van der Waals surface area contributed by atoms with Crippen LogP contribution in [0.2, 0.25) is 5.02 Å². The summed E-state index contributed by atoms with van der Waals surface area (Å²) in [6, 6.07) is 6.43. The van der Waals surface area contributed by atoms with Crippen molar-refractivity contribution >= 4 is 38.6 Å². The predicted molar refractivity (Wildman–Crippen MR) is 101 cm³/mol. The number of benzene rings is 1. The quantitative estimate of drug-likeness (QED) is 0.553. The molecule has 0 bridgehead atoms. The maximum Gasteiger partial charge on any atom is 0.275 e. The fourth-order valence-electron chi connectivity index (χ4n) is 2.88. The number of rotatable bonds is 5. The Morgan fingerprint density at radius 1 is 1.27 bits per heavy atom. The summed E-state index contributed by atoms with van der Waals surface area (Å²) < 4.78 is 27.1. The standard InChI is InChI=1S/C16H18ClN3O4S2/c1-12-15(17)9-14(10-16(12)20(21)22)26(23,24)19-6-4-18(5-7-19)11-13-3-2-8-25-13/h2-3,8-10H,4-7,11H2,1H3. The lowest BCUT2D eigenvalue weighted by Crippen LogP contribution is -2.48. The first-order valence-electron chi connectivity index (χ1n) is 7.98. The van der Waals surface area contributed by atoms with E-state index in [1.165, 1.54) is 22.2 Å². The summed E-state index contributed by atoms with van der Waals surface area (Å²) in [5.74, 6) is 0. The highest BCUT2D eigenvalue weighted by molar-refractivity contribution is 7.89. The lowest BCUT2D eigenvalue weighted by molar-refractivity contribution is -0.385. The van der Waals surface area contributed by atoms with Gasteiger partial charge in [0.1, 0.15) is 0 Å². The van der Waals surface area contributed by atoms with Crippen LogP contribution in [0.1, 0.15) is 10.4 Å². The molecule has 1 aliphatic heterocycles. The first-order valence-corrected chi connectivity index (χ1v) is 10.7. The highest BCUT2D eigenvalue weighted by Gasteiger charge is 2.31. The van der Waals surface area contributed by atoms with Crippen LogP contribution in [0.5, 0.6) is 0 Å². The molecule has 0 spiro atoms. The molecule has 140 valence electrons. The third kappa shape index (κ3) is 3.91. The van der Waals surface area contributed by atoms with Crippen LogP contribution < -0.4 is 0 Å². The number of hydrogen-bond acceptors (Lipinski definition) is 6. The van der Waals surface area contributed by atoms with Gasteiger partial charge in [0.25, 0.3) is 5.69 Å². The largest absolute Gasteiger partial charge is 0.296 e. The fourth-order valence-corrected chi connectivity index (χ4v) is 5.37. The van der Waals surface area contributed by atoms with Gasteiger partial charge in [-0.25, -0.2) is 8.42 Å². The molecule has 2 aromatic rings. The Labute approximate surface area is 161 Å². The van der Waals surface area contributed by atoms with Crippen LogP contribution >= 0.6 is 22.9 Å². The molecule has 10 heteroatoms. The molecule has 1 saturated heterocycles. The van der Waals surface area contributed by atoms with Crippen LogP contribution in [0.25, 0.3) is 0 Å². The zero-order valence-corrected chi connectivity index (χ0v) is 16.5. The molecule has 0 aliphatic carbocycles. The van der Waals surface area contributed by atoms with Gasteiger partial charge in [-0.05, 0) is 24.4 Å². The van der Waals surface area contributed by atoms with Crippen molar-refractivity contribution in [3.05, 3.63) is 55.2 Å². The summed E-state index contributed by atoms with van der Waals surface area (Å²) in [6.07, 6.45) is 0. The van der Waals surface area contributed by atoms with Gasteiger partial charge in [0.05, 0.1) is 14.8 Å². The Bertz CT molecular complexity index is 908. The van der Waals surface area contributed by atoms with Crippen LogP contribution in [0.4, 0.5) is 5.69 Å². The minimum Gasteiger partial charge on any atom is -0.296 e. The second-order valence-corrected chi connectivity index (χ2v) is 9.44. The number of nitro groups is 1. The third-order valence-corrected chi connectivity index (χ3v) is 7.55. The van der Waals surface area contributed by atoms with Crippen molar-refractivity contribution in [3.8, 4) is 0 Å². The van der Waals surface area contributed by atoms with Gasteiger partial charge in [0.15, 0.2) is 0 Å². The predicted octanol–water partition coefficient (Wildman–Crippen LogP) is 3.12. The van der Waals surface area contributed by atoms with Crippen molar-refractivity contribution in [2.75, 3.05) is 26.2 Å². The summed E-state index contributed by atoms with van der Waals surface area (Å²) in [5.41, 5.74) is -0.0243. The maximum atomic E-state index is 12.9. The monoisotopic (exact) mass is 415 g/mol. The normalized spacial score (nSPS) is 16.7. The van der Waals surface area contributed by atoms with Crippen molar-refractivity contribution in [2.45, 2.75) is 18.4 Å². The molecule has 7 nitrogen and oxygen atoms in total.